The first-order chi connectivity index (χ1) is 6.02. The Bertz CT molecular complexity index is 287. The van der Waals surface area contributed by atoms with Gasteiger partial charge in [0.2, 0.25) is 0 Å². The third kappa shape index (κ3) is 2.31. The first kappa shape index (κ1) is 10.3. The Morgan fingerprint density at radius 2 is 1.69 bits per heavy atom. The van der Waals surface area contributed by atoms with Crippen LogP contribution in [0.2, 0.25) is 0 Å². The summed E-state index contributed by atoms with van der Waals surface area (Å²) in [5.74, 6) is 0.477. The molecule has 0 fully saturated rings. The molecule has 1 N–H and O–H groups in total. The van der Waals surface area contributed by atoms with Crippen molar-refractivity contribution >= 4 is 0 Å². The summed E-state index contributed by atoms with van der Waals surface area (Å²) in [6, 6.07) is 6.28. The second kappa shape index (κ2) is 3.93. The van der Waals surface area contributed by atoms with E-state index in [1.165, 1.54) is 11.1 Å². The van der Waals surface area contributed by atoms with E-state index in [9.17, 15) is 5.11 Å². The number of aliphatic hydroxyl groups is 1. The molecule has 0 bridgehead atoms. The molecule has 1 unspecified atom stereocenters. The van der Waals surface area contributed by atoms with E-state index in [2.05, 4.69) is 39.0 Å². The molecule has 0 saturated heterocycles. The van der Waals surface area contributed by atoms with Crippen molar-refractivity contribution in [3.63, 3.8) is 0 Å². The number of hydrogen-bond donors (Lipinski definition) is 1. The van der Waals surface area contributed by atoms with Gasteiger partial charge in [-0.1, -0.05) is 37.6 Å². The molecule has 0 aliphatic heterocycles. The maximum Gasteiger partial charge on any atom is 0.0764 e. The Kier molecular flexibility index (Phi) is 3.10. The Balaban J connectivity index is 3.19. The molecule has 0 saturated carbocycles. The van der Waals surface area contributed by atoms with Gasteiger partial charge < -0.3 is 5.11 Å². The molecule has 1 rings (SSSR count). The lowest BCUT2D eigenvalue weighted by Crippen LogP contribution is -2.00. The third-order valence-corrected chi connectivity index (χ3v) is 2.31. The van der Waals surface area contributed by atoms with Gasteiger partial charge in [-0.25, -0.2) is 0 Å². The van der Waals surface area contributed by atoms with Gasteiger partial charge in [0.05, 0.1) is 6.10 Å². The molecule has 0 radical (unpaired) electrons. The minimum Gasteiger partial charge on any atom is -0.389 e. The van der Waals surface area contributed by atoms with Crippen LogP contribution in [0.3, 0.4) is 0 Å². The Morgan fingerprint density at radius 3 is 2.15 bits per heavy atom. The van der Waals surface area contributed by atoms with Crippen LogP contribution in [-0.2, 0) is 0 Å². The van der Waals surface area contributed by atoms with E-state index >= 15 is 0 Å². The molecule has 0 aromatic heterocycles. The highest BCUT2D eigenvalue weighted by atomic mass is 16.3. The first-order valence-corrected chi connectivity index (χ1v) is 4.81. The van der Waals surface area contributed by atoms with Gasteiger partial charge in [0.25, 0.3) is 0 Å². The fourth-order valence-electron chi connectivity index (χ4n) is 1.58. The van der Waals surface area contributed by atoms with Crippen LogP contribution in [0.15, 0.2) is 18.2 Å². The van der Waals surface area contributed by atoms with E-state index in [0.717, 1.165) is 5.56 Å². The summed E-state index contributed by atoms with van der Waals surface area (Å²) in [6.07, 6.45) is -0.364. The van der Waals surface area contributed by atoms with Crippen LogP contribution in [0, 0.1) is 6.92 Å². The molecule has 1 heteroatoms. The molecule has 1 aromatic carbocycles. The lowest BCUT2D eigenvalue weighted by atomic mass is 9.93. The van der Waals surface area contributed by atoms with Crippen molar-refractivity contribution < 1.29 is 5.11 Å². The lowest BCUT2D eigenvalue weighted by molar-refractivity contribution is 0.197. The Labute approximate surface area is 80.4 Å². The average molecular weight is 178 g/mol. The highest BCUT2D eigenvalue weighted by Gasteiger charge is 2.10. The van der Waals surface area contributed by atoms with E-state index in [4.69, 9.17) is 0 Å². The smallest absolute Gasteiger partial charge is 0.0764 e. The summed E-state index contributed by atoms with van der Waals surface area (Å²) < 4.78 is 0. The quantitative estimate of drug-likeness (QED) is 0.737. The molecule has 0 spiro atoms. The molecule has 0 heterocycles. The summed E-state index contributed by atoms with van der Waals surface area (Å²) in [5, 5.41) is 9.58. The van der Waals surface area contributed by atoms with Gasteiger partial charge in [-0.15, -0.1) is 0 Å². The van der Waals surface area contributed by atoms with Crippen molar-refractivity contribution in [2.45, 2.75) is 39.7 Å². The fraction of sp³-hybridized carbons (Fsp3) is 0.500. The van der Waals surface area contributed by atoms with Gasteiger partial charge in [0.15, 0.2) is 0 Å². The van der Waals surface area contributed by atoms with Crippen LogP contribution in [0.5, 0.6) is 0 Å². The second-order valence-corrected chi connectivity index (χ2v) is 3.96. The number of benzene rings is 1. The van der Waals surface area contributed by atoms with E-state index < -0.39 is 0 Å². The minimum absolute atomic E-state index is 0.364. The lowest BCUT2D eigenvalue weighted by Gasteiger charge is -2.15. The summed E-state index contributed by atoms with van der Waals surface area (Å²) in [6.45, 7) is 8.17. The van der Waals surface area contributed by atoms with Crippen LogP contribution in [-0.4, -0.2) is 5.11 Å². The van der Waals surface area contributed by atoms with E-state index in [1.807, 2.05) is 6.92 Å². The van der Waals surface area contributed by atoms with Crippen LogP contribution in [0.4, 0.5) is 0 Å². The summed E-state index contributed by atoms with van der Waals surface area (Å²) in [7, 11) is 0. The van der Waals surface area contributed by atoms with Crippen molar-refractivity contribution in [2.75, 3.05) is 0 Å². The third-order valence-electron chi connectivity index (χ3n) is 2.31. The van der Waals surface area contributed by atoms with Gasteiger partial charge >= 0.3 is 0 Å². The zero-order valence-corrected chi connectivity index (χ0v) is 8.83. The van der Waals surface area contributed by atoms with Gasteiger partial charge in [0.1, 0.15) is 0 Å². The highest BCUT2D eigenvalue weighted by Crippen LogP contribution is 2.25. The molecule has 13 heavy (non-hydrogen) atoms. The molecular formula is C12H18O. The minimum atomic E-state index is -0.364. The number of aryl methyl sites for hydroxylation is 1. The molecule has 0 aliphatic rings. The van der Waals surface area contributed by atoms with Crippen molar-refractivity contribution in [1.29, 1.82) is 0 Å². The predicted molar refractivity (Wildman–Crippen MR) is 55.9 cm³/mol. The van der Waals surface area contributed by atoms with Crippen molar-refractivity contribution in [3.8, 4) is 0 Å². The zero-order chi connectivity index (χ0) is 10.0. The summed E-state index contributed by atoms with van der Waals surface area (Å²) in [4.78, 5) is 0. The number of rotatable bonds is 2. The predicted octanol–water partition coefficient (Wildman–Crippen LogP) is 3.17. The van der Waals surface area contributed by atoms with Crippen molar-refractivity contribution in [1.82, 2.24) is 0 Å². The van der Waals surface area contributed by atoms with Gasteiger partial charge in [-0.3, -0.25) is 0 Å². The molecule has 1 nitrogen and oxygen atoms in total. The molecule has 1 atom stereocenters. The van der Waals surface area contributed by atoms with Crippen LogP contribution in [0.1, 0.15) is 49.5 Å². The van der Waals surface area contributed by atoms with Crippen LogP contribution >= 0.6 is 0 Å². The molecule has 72 valence electrons. The van der Waals surface area contributed by atoms with Crippen molar-refractivity contribution in [3.05, 3.63) is 34.9 Å². The van der Waals surface area contributed by atoms with Gasteiger partial charge in [0, 0.05) is 0 Å². The molecule has 0 amide bonds. The normalized spacial score (nSPS) is 13.4. The Morgan fingerprint density at radius 1 is 1.08 bits per heavy atom. The monoisotopic (exact) mass is 178 g/mol. The number of aliphatic hydroxyl groups excluding tert-OH is 1. The van der Waals surface area contributed by atoms with Gasteiger partial charge in [-0.2, -0.15) is 0 Å². The van der Waals surface area contributed by atoms with E-state index in [0.29, 0.717) is 5.92 Å². The SMILES string of the molecule is Cc1ccc(C(C)C)c(C(C)O)c1. The standard InChI is InChI=1S/C12H18O/c1-8(2)11-6-5-9(3)7-12(11)10(4)13/h5-8,10,13H,1-4H3. The Hall–Kier alpha value is -0.820. The average Bonchev–Trinajstić information content (AvgIpc) is 2.03. The number of hydrogen-bond acceptors (Lipinski definition) is 1. The van der Waals surface area contributed by atoms with E-state index in [-0.39, 0.29) is 6.10 Å². The topological polar surface area (TPSA) is 20.2 Å². The summed E-state index contributed by atoms with van der Waals surface area (Å²) >= 11 is 0. The molecule has 1 aromatic rings. The van der Waals surface area contributed by atoms with Crippen LogP contribution in [0.25, 0.3) is 0 Å². The maximum atomic E-state index is 9.58. The zero-order valence-electron chi connectivity index (χ0n) is 8.83. The van der Waals surface area contributed by atoms with Crippen LogP contribution < -0.4 is 0 Å². The second-order valence-electron chi connectivity index (χ2n) is 3.96. The van der Waals surface area contributed by atoms with E-state index in [1.54, 1.807) is 0 Å². The first-order valence-electron chi connectivity index (χ1n) is 4.81. The highest BCUT2D eigenvalue weighted by molar-refractivity contribution is 5.34. The van der Waals surface area contributed by atoms with Gasteiger partial charge in [-0.05, 0) is 30.9 Å². The largest absolute Gasteiger partial charge is 0.389 e. The van der Waals surface area contributed by atoms with Crippen molar-refractivity contribution in [2.24, 2.45) is 0 Å². The fourth-order valence-corrected chi connectivity index (χ4v) is 1.58. The molecule has 0 aliphatic carbocycles. The maximum absolute atomic E-state index is 9.58. The summed E-state index contributed by atoms with van der Waals surface area (Å²) in [5.41, 5.74) is 3.52. The molecular weight excluding hydrogens is 160 g/mol.